The van der Waals surface area contributed by atoms with Gasteiger partial charge in [-0.1, -0.05) is 97.1 Å². The molecular formula is C31H22N4O3. The van der Waals surface area contributed by atoms with Crippen molar-refractivity contribution >= 4 is 17.4 Å². The first kappa shape index (κ1) is 24.2. The van der Waals surface area contributed by atoms with E-state index in [0.29, 0.717) is 23.5 Å². The summed E-state index contributed by atoms with van der Waals surface area (Å²) in [5, 5.41) is 24.6. The highest BCUT2D eigenvalue weighted by Gasteiger charge is 2.27. The smallest absolute Gasteiger partial charge is 0.270 e. The van der Waals surface area contributed by atoms with E-state index in [1.807, 2.05) is 95.6 Å². The van der Waals surface area contributed by atoms with Gasteiger partial charge in [0.25, 0.3) is 11.6 Å². The van der Waals surface area contributed by atoms with Gasteiger partial charge in [0.05, 0.1) is 10.6 Å². The van der Waals surface area contributed by atoms with Crippen LogP contribution in [0.15, 0.2) is 115 Å². The second-order valence-corrected chi connectivity index (χ2v) is 8.62. The van der Waals surface area contributed by atoms with Crippen molar-refractivity contribution < 1.29 is 9.72 Å². The Morgan fingerprint density at radius 2 is 1.45 bits per heavy atom. The second kappa shape index (κ2) is 10.6. The van der Waals surface area contributed by atoms with Gasteiger partial charge in [-0.15, -0.1) is 0 Å². The normalized spacial score (nSPS) is 10.5. The summed E-state index contributed by atoms with van der Waals surface area (Å²) in [4.78, 5) is 24.1. The average molecular weight is 499 g/mol. The highest BCUT2D eigenvalue weighted by atomic mass is 16.6. The van der Waals surface area contributed by atoms with Crippen molar-refractivity contribution in [2.75, 3.05) is 5.32 Å². The van der Waals surface area contributed by atoms with Crippen molar-refractivity contribution in [1.29, 1.82) is 5.26 Å². The highest BCUT2D eigenvalue weighted by molar-refractivity contribution is 6.06. The maximum Gasteiger partial charge on any atom is 0.270 e. The molecule has 38 heavy (non-hydrogen) atoms. The number of rotatable bonds is 7. The van der Waals surface area contributed by atoms with E-state index in [9.17, 15) is 20.2 Å². The monoisotopic (exact) mass is 498 g/mol. The Morgan fingerprint density at radius 1 is 0.842 bits per heavy atom. The molecule has 5 rings (SSSR count). The van der Waals surface area contributed by atoms with E-state index >= 15 is 0 Å². The molecule has 0 saturated heterocycles. The molecule has 0 aliphatic carbocycles. The molecule has 0 fully saturated rings. The summed E-state index contributed by atoms with van der Waals surface area (Å²) in [7, 11) is 0. The molecule has 184 valence electrons. The summed E-state index contributed by atoms with van der Waals surface area (Å²) in [5.41, 5.74) is 4.43. The molecule has 0 aliphatic rings. The van der Waals surface area contributed by atoms with Gasteiger partial charge in [-0.25, -0.2) is 0 Å². The number of nitro benzene ring substituents is 1. The van der Waals surface area contributed by atoms with Crippen molar-refractivity contribution in [3.05, 3.63) is 142 Å². The molecule has 0 unspecified atom stereocenters. The number of nitrogens with one attached hydrogen (secondary N) is 1. The number of nitriles is 1. The number of benzene rings is 4. The number of anilines is 1. The molecular weight excluding hydrogens is 476 g/mol. The SMILES string of the molecule is N#Cc1c(-c2ccccc2)c(-c2ccccc2)n(Cc2ccccc2)c1NC(=O)c1cccc([N+](=O)[O-])c1. The standard InChI is InChI=1S/C31H22N4O3/c32-20-27-28(23-13-6-2-7-14-23)29(24-15-8-3-9-16-24)34(21-22-11-4-1-5-12-22)30(27)33-31(36)25-17-10-18-26(19-25)35(37)38/h1-19H,21H2,(H,33,36). The molecule has 1 amide bonds. The summed E-state index contributed by atoms with van der Waals surface area (Å²) in [6.07, 6.45) is 0. The molecule has 0 saturated carbocycles. The van der Waals surface area contributed by atoms with Crippen LogP contribution in [0.4, 0.5) is 11.5 Å². The fraction of sp³-hybridized carbons (Fsp3) is 0.0323. The van der Waals surface area contributed by atoms with Crippen molar-refractivity contribution in [2.45, 2.75) is 6.54 Å². The molecule has 1 N–H and O–H groups in total. The van der Waals surface area contributed by atoms with Crippen LogP contribution in [-0.2, 0) is 6.54 Å². The van der Waals surface area contributed by atoms with Gasteiger partial charge in [0.2, 0.25) is 0 Å². The number of hydrogen-bond donors (Lipinski definition) is 1. The summed E-state index contributed by atoms with van der Waals surface area (Å²) in [6.45, 7) is 0.386. The lowest BCUT2D eigenvalue weighted by atomic mass is 9.98. The van der Waals surface area contributed by atoms with Gasteiger partial charge >= 0.3 is 0 Å². The Balaban J connectivity index is 1.75. The number of non-ortho nitro benzene ring substituents is 1. The number of hydrogen-bond acceptors (Lipinski definition) is 4. The van der Waals surface area contributed by atoms with Crippen LogP contribution < -0.4 is 5.32 Å². The van der Waals surface area contributed by atoms with Crippen LogP contribution in [0, 0.1) is 21.4 Å². The minimum absolute atomic E-state index is 0.123. The molecule has 0 atom stereocenters. The number of amides is 1. The number of carbonyl (C=O) groups excluding carboxylic acids is 1. The van der Waals surface area contributed by atoms with Crippen molar-refractivity contribution in [3.8, 4) is 28.5 Å². The maximum absolute atomic E-state index is 13.4. The molecule has 4 aromatic carbocycles. The van der Waals surface area contributed by atoms with Crippen LogP contribution in [0.3, 0.4) is 0 Å². The summed E-state index contributed by atoms with van der Waals surface area (Å²) in [5.74, 6) is -0.221. The molecule has 7 nitrogen and oxygen atoms in total. The minimum atomic E-state index is -0.545. The third kappa shape index (κ3) is 4.79. The van der Waals surface area contributed by atoms with E-state index in [0.717, 1.165) is 22.4 Å². The Labute approximate surface area is 219 Å². The molecule has 5 aromatic rings. The van der Waals surface area contributed by atoms with E-state index in [1.54, 1.807) is 0 Å². The lowest BCUT2D eigenvalue weighted by molar-refractivity contribution is -0.384. The summed E-state index contributed by atoms with van der Waals surface area (Å²) in [6, 6.07) is 36.9. The van der Waals surface area contributed by atoms with Gasteiger partial charge in [-0.2, -0.15) is 5.26 Å². The van der Waals surface area contributed by atoms with Gasteiger partial charge in [0.15, 0.2) is 0 Å². The fourth-order valence-corrected chi connectivity index (χ4v) is 4.50. The largest absolute Gasteiger partial charge is 0.321 e. The Kier molecular flexibility index (Phi) is 6.79. The highest BCUT2D eigenvalue weighted by Crippen LogP contribution is 2.42. The number of aromatic nitrogens is 1. The third-order valence-electron chi connectivity index (χ3n) is 6.22. The predicted octanol–water partition coefficient (Wildman–Crippen LogP) is 6.90. The van der Waals surface area contributed by atoms with Crippen molar-refractivity contribution in [1.82, 2.24) is 4.57 Å². The van der Waals surface area contributed by atoms with Crippen LogP contribution >= 0.6 is 0 Å². The van der Waals surface area contributed by atoms with E-state index < -0.39 is 10.8 Å². The first-order valence-corrected chi connectivity index (χ1v) is 11.9. The van der Waals surface area contributed by atoms with Crippen LogP contribution in [-0.4, -0.2) is 15.4 Å². The molecule has 0 spiro atoms. The van der Waals surface area contributed by atoms with E-state index in [4.69, 9.17) is 0 Å². The van der Waals surface area contributed by atoms with Gasteiger partial charge < -0.3 is 9.88 Å². The van der Waals surface area contributed by atoms with E-state index in [2.05, 4.69) is 11.4 Å². The third-order valence-corrected chi connectivity index (χ3v) is 6.22. The van der Waals surface area contributed by atoms with Crippen LogP contribution in [0.1, 0.15) is 21.5 Å². The van der Waals surface area contributed by atoms with Crippen LogP contribution in [0.5, 0.6) is 0 Å². The predicted molar refractivity (Wildman–Crippen MR) is 147 cm³/mol. The zero-order valence-electron chi connectivity index (χ0n) is 20.2. The molecule has 1 aromatic heterocycles. The van der Waals surface area contributed by atoms with E-state index in [-0.39, 0.29) is 11.3 Å². The first-order valence-electron chi connectivity index (χ1n) is 11.9. The second-order valence-electron chi connectivity index (χ2n) is 8.62. The van der Waals surface area contributed by atoms with Gasteiger partial charge in [0.1, 0.15) is 17.5 Å². The maximum atomic E-state index is 13.4. The Morgan fingerprint density at radius 3 is 2.05 bits per heavy atom. The number of nitrogens with zero attached hydrogens (tertiary/aromatic N) is 3. The zero-order chi connectivity index (χ0) is 26.5. The number of carbonyl (C=O) groups is 1. The quantitative estimate of drug-likeness (QED) is 0.195. The minimum Gasteiger partial charge on any atom is -0.321 e. The average Bonchev–Trinajstić information content (AvgIpc) is 3.27. The summed E-state index contributed by atoms with van der Waals surface area (Å²) < 4.78 is 1.93. The lowest BCUT2D eigenvalue weighted by Crippen LogP contribution is -2.17. The van der Waals surface area contributed by atoms with Gasteiger partial charge in [-0.05, 0) is 22.8 Å². The van der Waals surface area contributed by atoms with Crippen LogP contribution in [0.25, 0.3) is 22.4 Å². The Hall–Kier alpha value is -5.48. The first-order chi connectivity index (χ1) is 18.6. The van der Waals surface area contributed by atoms with Gasteiger partial charge in [-0.3, -0.25) is 14.9 Å². The summed E-state index contributed by atoms with van der Waals surface area (Å²) >= 11 is 0. The molecule has 1 heterocycles. The fourth-order valence-electron chi connectivity index (χ4n) is 4.50. The van der Waals surface area contributed by atoms with Crippen LogP contribution in [0.2, 0.25) is 0 Å². The molecule has 7 heteroatoms. The van der Waals surface area contributed by atoms with Crippen molar-refractivity contribution in [3.63, 3.8) is 0 Å². The molecule has 0 bridgehead atoms. The molecule has 0 radical (unpaired) electrons. The zero-order valence-corrected chi connectivity index (χ0v) is 20.2. The van der Waals surface area contributed by atoms with Crippen molar-refractivity contribution in [2.24, 2.45) is 0 Å². The van der Waals surface area contributed by atoms with Gasteiger partial charge in [0, 0.05) is 29.8 Å². The molecule has 0 aliphatic heterocycles. The Bertz CT molecular complexity index is 1650. The van der Waals surface area contributed by atoms with E-state index in [1.165, 1.54) is 24.3 Å². The lowest BCUT2D eigenvalue weighted by Gasteiger charge is -2.16. The number of nitro groups is 1. The topological polar surface area (TPSA) is 101 Å².